The van der Waals surface area contributed by atoms with Gasteiger partial charge < -0.3 is 25.2 Å². The molecular formula is C26H26N2O6S. The smallest absolute Gasteiger partial charge is 0.303 e. The number of amides is 2. The summed E-state index contributed by atoms with van der Waals surface area (Å²) in [5, 5.41) is 13.8. The van der Waals surface area contributed by atoms with E-state index in [-0.39, 0.29) is 24.7 Å². The summed E-state index contributed by atoms with van der Waals surface area (Å²) in [5.41, 5.74) is 1.90. The van der Waals surface area contributed by atoms with E-state index in [1.165, 1.54) is 18.9 Å². The number of ether oxygens (including phenoxy) is 2. The third kappa shape index (κ3) is 7.51. The van der Waals surface area contributed by atoms with Gasteiger partial charge in [-0.1, -0.05) is 30.3 Å². The average molecular weight is 495 g/mol. The van der Waals surface area contributed by atoms with E-state index < -0.39 is 11.2 Å². The Morgan fingerprint density at radius 2 is 1.60 bits per heavy atom. The molecule has 1 unspecified atom stereocenters. The molecule has 0 aliphatic carbocycles. The van der Waals surface area contributed by atoms with Gasteiger partial charge in [0.05, 0.1) is 26.3 Å². The minimum absolute atomic E-state index is 0.100. The summed E-state index contributed by atoms with van der Waals surface area (Å²) in [6.07, 6.45) is -0.330. The zero-order valence-electron chi connectivity index (χ0n) is 19.3. The lowest BCUT2D eigenvalue weighted by Gasteiger charge is -2.19. The van der Waals surface area contributed by atoms with Gasteiger partial charge in [0.1, 0.15) is 16.7 Å². The summed E-state index contributed by atoms with van der Waals surface area (Å²) >= 11 is 1.36. The maximum Gasteiger partial charge on any atom is 0.303 e. The molecule has 3 aromatic carbocycles. The zero-order valence-corrected chi connectivity index (χ0v) is 20.1. The third-order valence-electron chi connectivity index (χ3n) is 4.96. The predicted molar refractivity (Wildman–Crippen MR) is 135 cm³/mol. The van der Waals surface area contributed by atoms with Crippen LogP contribution in [0.25, 0.3) is 0 Å². The van der Waals surface area contributed by atoms with Gasteiger partial charge >= 0.3 is 5.97 Å². The van der Waals surface area contributed by atoms with Crippen molar-refractivity contribution >= 4 is 40.9 Å². The van der Waals surface area contributed by atoms with E-state index in [4.69, 9.17) is 14.6 Å². The monoisotopic (exact) mass is 494 g/mol. The Labute approximate surface area is 207 Å². The first kappa shape index (κ1) is 25.6. The van der Waals surface area contributed by atoms with Gasteiger partial charge in [-0.25, -0.2) is 0 Å². The van der Waals surface area contributed by atoms with Crippen LogP contribution in [0.3, 0.4) is 0 Å². The van der Waals surface area contributed by atoms with Gasteiger partial charge in [0.25, 0.3) is 0 Å². The van der Waals surface area contributed by atoms with Crippen LogP contribution >= 0.6 is 11.8 Å². The maximum absolute atomic E-state index is 13.4. The van der Waals surface area contributed by atoms with Crippen LogP contribution in [0.5, 0.6) is 11.5 Å². The molecule has 0 fully saturated rings. The summed E-state index contributed by atoms with van der Waals surface area (Å²) in [6, 6.07) is 21.6. The van der Waals surface area contributed by atoms with E-state index >= 15 is 0 Å². The molecule has 0 aliphatic rings. The van der Waals surface area contributed by atoms with Crippen molar-refractivity contribution in [2.75, 3.05) is 24.9 Å². The molecule has 9 heteroatoms. The number of thioether (sulfide) groups is 1. The molecule has 0 heterocycles. The molecule has 0 bridgehead atoms. The normalized spacial score (nSPS) is 11.3. The Morgan fingerprint density at radius 1 is 0.886 bits per heavy atom. The van der Waals surface area contributed by atoms with E-state index in [1.54, 1.807) is 49.6 Å². The number of carboxylic acid groups (broad SMARTS) is 1. The van der Waals surface area contributed by atoms with Crippen molar-refractivity contribution < 1.29 is 29.0 Å². The molecule has 0 aliphatic heterocycles. The van der Waals surface area contributed by atoms with Crippen molar-refractivity contribution in [3.05, 3.63) is 78.4 Å². The Bertz CT molecular complexity index is 1170. The minimum Gasteiger partial charge on any atom is -0.497 e. The average Bonchev–Trinajstić information content (AvgIpc) is 2.87. The number of aliphatic carboxylic acids is 1. The van der Waals surface area contributed by atoms with E-state index in [0.717, 1.165) is 10.5 Å². The first-order valence-electron chi connectivity index (χ1n) is 10.8. The number of carbonyl (C=O) groups excluding carboxylic acids is 2. The second-order valence-corrected chi connectivity index (χ2v) is 8.61. The SMILES string of the molecule is COc1ccc(NC(=O)C(Sc2ccc(NC(=O)CCC(=O)O)cc2)c2ccccc2)c(OC)c1. The third-order valence-corrected chi connectivity index (χ3v) is 6.23. The second kappa shape index (κ2) is 12.5. The molecule has 35 heavy (non-hydrogen) atoms. The van der Waals surface area contributed by atoms with Crippen LogP contribution in [0.2, 0.25) is 0 Å². The predicted octanol–water partition coefficient (Wildman–Crippen LogP) is 4.98. The van der Waals surface area contributed by atoms with Crippen molar-refractivity contribution in [3.63, 3.8) is 0 Å². The van der Waals surface area contributed by atoms with Crippen LogP contribution in [-0.2, 0) is 14.4 Å². The number of benzene rings is 3. The fraction of sp³-hybridized carbons (Fsp3) is 0.192. The molecule has 8 nitrogen and oxygen atoms in total. The molecule has 3 N–H and O–H groups in total. The Hall–Kier alpha value is -3.98. The lowest BCUT2D eigenvalue weighted by atomic mass is 10.1. The van der Waals surface area contributed by atoms with Crippen LogP contribution in [0.15, 0.2) is 77.7 Å². The van der Waals surface area contributed by atoms with Crippen molar-refractivity contribution in [1.29, 1.82) is 0 Å². The van der Waals surface area contributed by atoms with Gasteiger partial charge in [-0.05, 0) is 42.0 Å². The molecule has 0 saturated heterocycles. The van der Waals surface area contributed by atoms with Crippen LogP contribution in [0.4, 0.5) is 11.4 Å². The van der Waals surface area contributed by atoms with Gasteiger partial charge in [-0.15, -0.1) is 11.8 Å². The van der Waals surface area contributed by atoms with E-state index in [0.29, 0.717) is 22.9 Å². The minimum atomic E-state index is -1.02. The molecule has 0 saturated carbocycles. The molecule has 1 atom stereocenters. The number of nitrogens with one attached hydrogen (secondary N) is 2. The fourth-order valence-corrected chi connectivity index (χ4v) is 4.22. The molecule has 0 spiro atoms. The topological polar surface area (TPSA) is 114 Å². The Kier molecular flexibility index (Phi) is 9.14. The molecule has 2 amide bonds. The van der Waals surface area contributed by atoms with Gasteiger partial charge in [-0.3, -0.25) is 14.4 Å². The summed E-state index contributed by atoms with van der Waals surface area (Å²) in [6.45, 7) is 0. The quantitative estimate of drug-likeness (QED) is 0.322. The molecule has 182 valence electrons. The van der Waals surface area contributed by atoms with E-state index in [1.807, 2.05) is 30.3 Å². The standard InChI is InChI=1S/C26H26N2O6S/c1-33-19-10-13-21(22(16-19)34-2)28-26(32)25(17-6-4-3-5-7-17)35-20-11-8-18(9-12-20)27-23(29)14-15-24(30)31/h3-13,16,25H,14-15H2,1-2H3,(H,27,29)(H,28,32)(H,30,31). The molecule has 0 aromatic heterocycles. The first-order valence-corrected chi connectivity index (χ1v) is 11.6. The Morgan fingerprint density at radius 3 is 2.23 bits per heavy atom. The zero-order chi connectivity index (χ0) is 25.2. The lowest BCUT2D eigenvalue weighted by Crippen LogP contribution is -2.19. The van der Waals surface area contributed by atoms with E-state index in [2.05, 4.69) is 10.6 Å². The molecule has 3 aromatic rings. The summed E-state index contributed by atoms with van der Waals surface area (Å²) in [5.74, 6) is -0.524. The van der Waals surface area contributed by atoms with Crippen molar-refractivity contribution in [3.8, 4) is 11.5 Å². The van der Waals surface area contributed by atoms with Gasteiger partial charge in [0.15, 0.2) is 0 Å². The summed E-state index contributed by atoms with van der Waals surface area (Å²) in [4.78, 5) is 36.7. The van der Waals surface area contributed by atoms with Crippen LogP contribution in [0, 0.1) is 0 Å². The molecule has 0 radical (unpaired) electrons. The second-order valence-electron chi connectivity index (χ2n) is 7.43. The highest BCUT2D eigenvalue weighted by molar-refractivity contribution is 8.00. The lowest BCUT2D eigenvalue weighted by molar-refractivity contribution is -0.138. The highest BCUT2D eigenvalue weighted by atomic mass is 32.2. The van der Waals surface area contributed by atoms with Crippen LogP contribution in [0.1, 0.15) is 23.7 Å². The molecule has 3 rings (SSSR count). The van der Waals surface area contributed by atoms with Crippen LogP contribution < -0.4 is 20.1 Å². The summed E-state index contributed by atoms with van der Waals surface area (Å²) < 4.78 is 10.6. The fourth-order valence-electron chi connectivity index (χ4n) is 3.20. The summed E-state index contributed by atoms with van der Waals surface area (Å²) in [7, 11) is 3.08. The van der Waals surface area contributed by atoms with Crippen molar-refractivity contribution in [1.82, 2.24) is 0 Å². The number of methoxy groups -OCH3 is 2. The van der Waals surface area contributed by atoms with Gasteiger partial charge in [0, 0.05) is 23.1 Å². The van der Waals surface area contributed by atoms with Crippen LogP contribution in [-0.4, -0.2) is 37.1 Å². The first-order chi connectivity index (χ1) is 16.9. The van der Waals surface area contributed by atoms with Crippen molar-refractivity contribution in [2.24, 2.45) is 0 Å². The Balaban J connectivity index is 1.76. The number of carbonyl (C=O) groups is 3. The molecular weight excluding hydrogens is 468 g/mol. The largest absolute Gasteiger partial charge is 0.497 e. The highest BCUT2D eigenvalue weighted by Gasteiger charge is 2.23. The number of hydrogen-bond acceptors (Lipinski definition) is 6. The number of rotatable bonds is 11. The van der Waals surface area contributed by atoms with Gasteiger partial charge in [0.2, 0.25) is 11.8 Å². The highest BCUT2D eigenvalue weighted by Crippen LogP contribution is 2.38. The van der Waals surface area contributed by atoms with Gasteiger partial charge in [-0.2, -0.15) is 0 Å². The number of anilines is 2. The number of hydrogen-bond donors (Lipinski definition) is 3. The maximum atomic E-state index is 13.4. The van der Waals surface area contributed by atoms with E-state index in [9.17, 15) is 14.4 Å². The van der Waals surface area contributed by atoms with Crippen molar-refractivity contribution in [2.45, 2.75) is 23.0 Å². The number of carboxylic acids is 1.